The Morgan fingerprint density at radius 3 is 2.92 bits per heavy atom. The first-order chi connectivity index (χ1) is 5.86. The lowest BCUT2D eigenvalue weighted by molar-refractivity contribution is 0.979. The molecule has 1 aliphatic heterocycles. The van der Waals surface area contributed by atoms with E-state index in [4.69, 9.17) is 0 Å². The molecule has 0 N–H and O–H groups in total. The van der Waals surface area contributed by atoms with Crippen molar-refractivity contribution in [2.45, 2.75) is 17.5 Å². The smallest absolute Gasteiger partial charge is 0.137 e. The fraction of sp³-hybridized carbons (Fsp3) is 0.333. The zero-order chi connectivity index (χ0) is 8.39. The summed E-state index contributed by atoms with van der Waals surface area (Å²) in [6.07, 6.45) is 3.80. The van der Waals surface area contributed by atoms with Crippen LogP contribution in [0.1, 0.15) is 18.0 Å². The third kappa shape index (κ3) is 1.50. The second kappa shape index (κ2) is 3.27. The summed E-state index contributed by atoms with van der Waals surface area (Å²) in [7, 11) is 0. The molecule has 0 aliphatic carbocycles. The van der Waals surface area contributed by atoms with Gasteiger partial charge < -0.3 is 0 Å². The highest BCUT2D eigenvalue weighted by molar-refractivity contribution is 8.01. The number of nitrogens with zero attached hydrogens (tertiary/aromatic N) is 2. The van der Waals surface area contributed by atoms with Gasteiger partial charge in [0.1, 0.15) is 5.37 Å². The molecule has 1 aromatic rings. The van der Waals surface area contributed by atoms with Gasteiger partial charge >= 0.3 is 0 Å². The van der Waals surface area contributed by atoms with Crippen LogP contribution in [0.15, 0.2) is 29.4 Å². The van der Waals surface area contributed by atoms with Gasteiger partial charge in [0.05, 0.1) is 5.69 Å². The van der Waals surface area contributed by atoms with Crippen molar-refractivity contribution in [1.82, 2.24) is 4.98 Å². The molecule has 2 nitrogen and oxygen atoms in total. The molecule has 0 radical (unpaired) electrons. The Hall–Kier alpha value is -0.830. The summed E-state index contributed by atoms with van der Waals surface area (Å²) < 4.78 is 0. The van der Waals surface area contributed by atoms with Gasteiger partial charge in [0.2, 0.25) is 0 Å². The molecule has 0 bridgehead atoms. The van der Waals surface area contributed by atoms with Crippen molar-refractivity contribution < 1.29 is 0 Å². The van der Waals surface area contributed by atoms with Crippen LogP contribution in [-0.2, 0) is 0 Å². The normalized spacial score (nSPS) is 27.8. The lowest BCUT2D eigenvalue weighted by Gasteiger charge is -2.05. The lowest BCUT2D eigenvalue weighted by atomic mass is 10.3. The molecule has 12 heavy (non-hydrogen) atoms. The van der Waals surface area contributed by atoms with Gasteiger partial charge in [0.25, 0.3) is 0 Å². The predicted octanol–water partition coefficient (Wildman–Crippen LogP) is 2.29. The fourth-order valence-corrected chi connectivity index (χ4v) is 2.11. The third-order valence-electron chi connectivity index (χ3n) is 1.72. The number of thioether (sulfide) groups is 1. The predicted molar refractivity (Wildman–Crippen MR) is 52.5 cm³/mol. The van der Waals surface area contributed by atoms with Gasteiger partial charge in [-0.2, -0.15) is 0 Å². The van der Waals surface area contributed by atoms with Gasteiger partial charge in [0.15, 0.2) is 0 Å². The van der Waals surface area contributed by atoms with E-state index >= 15 is 0 Å². The van der Waals surface area contributed by atoms with Crippen molar-refractivity contribution in [1.29, 1.82) is 0 Å². The zero-order valence-electron chi connectivity index (χ0n) is 6.84. The van der Waals surface area contributed by atoms with E-state index in [1.807, 2.05) is 42.4 Å². The van der Waals surface area contributed by atoms with Gasteiger partial charge in [-0.25, -0.2) is 0 Å². The Morgan fingerprint density at radius 2 is 2.33 bits per heavy atom. The molecule has 2 rings (SSSR count). The maximum atomic E-state index is 4.36. The van der Waals surface area contributed by atoms with Gasteiger partial charge in [-0.1, -0.05) is 6.07 Å². The molecule has 2 atom stereocenters. The van der Waals surface area contributed by atoms with E-state index in [-0.39, 0.29) is 5.37 Å². The first-order valence-electron chi connectivity index (χ1n) is 3.96. The summed E-state index contributed by atoms with van der Waals surface area (Å²) >= 11 is 1.83. The largest absolute Gasteiger partial charge is 0.276 e. The molecular weight excluding hydrogens is 168 g/mol. The van der Waals surface area contributed by atoms with Crippen LogP contribution in [0, 0.1) is 0 Å². The Kier molecular flexibility index (Phi) is 2.13. The highest BCUT2D eigenvalue weighted by Crippen LogP contribution is 2.35. The number of aromatic nitrogens is 1. The molecule has 0 saturated carbocycles. The summed E-state index contributed by atoms with van der Waals surface area (Å²) in [5.41, 5.74) is 1.06. The van der Waals surface area contributed by atoms with Crippen molar-refractivity contribution >= 4 is 18.0 Å². The van der Waals surface area contributed by atoms with Crippen LogP contribution in [0.3, 0.4) is 0 Å². The summed E-state index contributed by atoms with van der Waals surface area (Å²) in [4.78, 5) is 8.62. The summed E-state index contributed by atoms with van der Waals surface area (Å²) in [5, 5.41) is 0.748. The summed E-state index contributed by atoms with van der Waals surface area (Å²) in [6.45, 7) is 2.15. The van der Waals surface area contributed by atoms with Crippen molar-refractivity contribution in [3.8, 4) is 0 Å². The number of hydrogen-bond acceptors (Lipinski definition) is 3. The Labute approximate surface area is 76.1 Å². The van der Waals surface area contributed by atoms with Crippen molar-refractivity contribution in [2.24, 2.45) is 4.99 Å². The molecule has 0 aromatic carbocycles. The highest BCUT2D eigenvalue weighted by atomic mass is 32.2. The molecular formula is C9H10N2S. The van der Waals surface area contributed by atoms with Crippen LogP contribution in [0.4, 0.5) is 0 Å². The average molecular weight is 178 g/mol. The first kappa shape index (κ1) is 7.80. The fourth-order valence-electron chi connectivity index (χ4n) is 1.14. The number of hydrogen-bond donors (Lipinski definition) is 0. The number of aliphatic imine (C=N–C) groups is 1. The maximum absolute atomic E-state index is 4.36. The standard InChI is InChI=1S/C9H10N2S/c1-7-6-11-9(12-7)8-4-2-3-5-10-8/h2-7,9H,1H3. The molecule has 0 amide bonds. The Balaban J connectivity index is 2.18. The Bertz CT molecular complexity index is 284. The molecule has 62 valence electrons. The van der Waals surface area contributed by atoms with Crippen molar-refractivity contribution in [3.05, 3.63) is 30.1 Å². The average Bonchev–Trinajstić information content (AvgIpc) is 2.54. The SMILES string of the molecule is CC1C=NC(c2ccccn2)S1. The minimum Gasteiger partial charge on any atom is -0.276 e. The molecule has 1 aromatic heterocycles. The topological polar surface area (TPSA) is 25.2 Å². The monoisotopic (exact) mass is 178 g/mol. The highest BCUT2D eigenvalue weighted by Gasteiger charge is 2.19. The van der Waals surface area contributed by atoms with E-state index in [0.717, 1.165) is 5.69 Å². The summed E-state index contributed by atoms with van der Waals surface area (Å²) in [5.74, 6) is 0. The summed E-state index contributed by atoms with van der Waals surface area (Å²) in [6, 6.07) is 5.95. The molecule has 0 fully saturated rings. The van der Waals surface area contributed by atoms with Crippen LogP contribution in [-0.4, -0.2) is 16.4 Å². The number of rotatable bonds is 1. The first-order valence-corrected chi connectivity index (χ1v) is 4.90. The second-order valence-electron chi connectivity index (χ2n) is 2.75. The van der Waals surface area contributed by atoms with Gasteiger partial charge in [0, 0.05) is 17.7 Å². The van der Waals surface area contributed by atoms with E-state index in [2.05, 4.69) is 16.9 Å². The van der Waals surface area contributed by atoms with E-state index < -0.39 is 0 Å². The third-order valence-corrected chi connectivity index (χ3v) is 2.89. The molecule has 2 unspecified atom stereocenters. The molecule has 0 saturated heterocycles. The minimum absolute atomic E-state index is 0.223. The molecule has 0 spiro atoms. The zero-order valence-corrected chi connectivity index (χ0v) is 7.66. The van der Waals surface area contributed by atoms with Gasteiger partial charge in [-0.3, -0.25) is 9.98 Å². The van der Waals surface area contributed by atoms with E-state index in [9.17, 15) is 0 Å². The van der Waals surface area contributed by atoms with Crippen LogP contribution >= 0.6 is 11.8 Å². The number of pyridine rings is 1. The second-order valence-corrected chi connectivity index (χ2v) is 4.21. The lowest BCUT2D eigenvalue weighted by Crippen LogP contribution is -1.92. The van der Waals surface area contributed by atoms with E-state index in [1.165, 1.54) is 0 Å². The van der Waals surface area contributed by atoms with Crippen LogP contribution in [0.2, 0.25) is 0 Å². The van der Waals surface area contributed by atoms with Crippen molar-refractivity contribution in [2.75, 3.05) is 0 Å². The van der Waals surface area contributed by atoms with Gasteiger partial charge in [-0.05, 0) is 19.1 Å². The molecule has 3 heteroatoms. The minimum atomic E-state index is 0.223. The van der Waals surface area contributed by atoms with E-state index in [1.54, 1.807) is 0 Å². The van der Waals surface area contributed by atoms with Crippen LogP contribution in [0.5, 0.6) is 0 Å². The maximum Gasteiger partial charge on any atom is 0.137 e. The van der Waals surface area contributed by atoms with Crippen LogP contribution in [0.25, 0.3) is 0 Å². The molecule has 2 heterocycles. The molecule has 1 aliphatic rings. The quantitative estimate of drug-likeness (QED) is 0.659. The van der Waals surface area contributed by atoms with Crippen LogP contribution < -0.4 is 0 Å². The van der Waals surface area contributed by atoms with E-state index in [0.29, 0.717) is 5.25 Å². The Morgan fingerprint density at radius 1 is 1.42 bits per heavy atom. The van der Waals surface area contributed by atoms with Crippen molar-refractivity contribution in [3.63, 3.8) is 0 Å². The van der Waals surface area contributed by atoms with Gasteiger partial charge in [-0.15, -0.1) is 11.8 Å².